The van der Waals surface area contributed by atoms with Crippen LogP contribution in [-0.2, 0) is 4.79 Å². The van der Waals surface area contributed by atoms with E-state index in [2.05, 4.69) is 11.9 Å². The highest BCUT2D eigenvalue weighted by molar-refractivity contribution is 5.95. The molecule has 0 aliphatic heterocycles. The number of anilines is 1. The summed E-state index contributed by atoms with van der Waals surface area (Å²) >= 11 is 0. The van der Waals surface area contributed by atoms with E-state index in [4.69, 9.17) is 5.11 Å². The Labute approximate surface area is 143 Å². The van der Waals surface area contributed by atoms with Crippen molar-refractivity contribution in [3.63, 3.8) is 0 Å². The summed E-state index contributed by atoms with van der Waals surface area (Å²) in [6.07, 6.45) is 2.15. The molecule has 0 radical (unpaired) electrons. The van der Waals surface area contributed by atoms with Crippen molar-refractivity contribution < 1.29 is 9.90 Å². The molecular weight excluding hydrogens is 300 g/mol. The van der Waals surface area contributed by atoms with E-state index in [0.717, 1.165) is 16.8 Å². The van der Waals surface area contributed by atoms with Crippen molar-refractivity contribution in [2.75, 3.05) is 31.6 Å². The molecule has 0 aliphatic carbocycles. The summed E-state index contributed by atoms with van der Waals surface area (Å²) < 4.78 is 0. The molecule has 2 aromatic carbocycles. The zero-order valence-electron chi connectivity index (χ0n) is 13.8. The molecule has 0 saturated heterocycles. The van der Waals surface area contributed by atoms with Crippen LogP contribution in [0.2, 0.25) is 0 Å². The largest absolute Gasteiger partial charge is 0.395 e. The van der Waals surface area contributed by atoms with Gasteiger partial charge in [0.05, 0.1) is 6.61 Å². The summed E-state index contributed by atoms with van der Waals surface area (Å²) in [5.41, 5.74) is 2.89. The van der Waals surface area contributed by atoms with Crippen molar-refractivity contribution in [2.24, 2.45) is 0 Å². The maximum atomic E-state index is 12.3. The van der Waals surface area contributed by atoms with Gasteiger partial charge in [-0.3, -0.25) is 9.69 Å². The average molecular weight is 324 g/mol. The number of nitrogens with zero attached hydrogens (tertiary/aromatic N) is 1. The molecule has 2 aromatic rings. The van der Waals surface area contributed by atoms with Crippen LogP contribution in [0, 0.1) is 0 Å². The number of hydrogen-bond donors (Lipinski definition) is 2. The van der Waals surface area contributed by atoms with Gasteiger partial charge in [0.2, 0.25) is 5.91 Å². The predicted octanol–water partition coefficient (Wildman–Crippen LogP) is 3.16. The normalized spacial score (nSPS) is 10.6. The lowest BCUT2D eigenvalue weighted by Gasteiger charge is -2.19. The first-order valence-electron chi connectivity index (χ1n) is 8.13. The number of hydrogen-bond acceptors (Lipinski definition) is 3. The van der Waals surface area contributed by atoms with Crippen molar-refractivity contribution >= 4 is 11.6 Å². The molecule has 0 spiro atoms. The van der Waals surface area contributed by atoms with Gasteiger partial charge in [-0.1, -0.05) is 54.6 Å². The minimum atomic E-state index is -0.0367. The van der Waals surface area contributed by atoms with Gasteiger partial charge in [-0.2, -0.15) is 0 Å². The highest BCUT2D eigenvalue weighted by atomic mass is 16.3. The van der Waals surface area contributed by atoms with Crippen LogP contribution in [0.3, 0.4) is 0 Å². The van der Waals surface area contributed by atoms with Gasteiger partial charge in [-0.25, -0.2) is 0 Å². The van der Waals surface area contributed by atoms with Gasteiger partial charge in [0.1, 0.15) is 0 Å². The number of rotatable bonds is 9. The second-order valence-corrected chi connectivity index (χ2v) is 5.52. The highest BCUT2D eigenvalue weighted by Gasteiger charge is 2.10. The first-order chi connectivity index (χ1) is 11.7. The van der Waals surface area contributed by atoms with Gasteiger partial charge in [0.15, 0.2) is 0 Å². The number of benzene rings is 2. The smallest absolute Gasteiger partial charge is 0.225 e. The van der Waals surface area contributed by atoms with E-state index >= 15 is 0 Å². The lowest BCUT2D eigenvalue weighted by Crippen LogP contribution is -2.30. The van der Waals surface area contributed by atoms with E-state index in [-0.39, 0.29) is 12.5 Å². The van der Waals surface area contributed by atoms with Gasteiger partial charge < -0.3 is 10.4 Å². The van der Waals surface area contributed by atoms with Gasteiger partial charge in [-0.05, 0) is 11.6 Å². The van der Waals surface area contributed by atoms with E-state index in [1.807, 2.05) is 59.5 Å². The third kappa shape index (κ3) is 5.33. The van der Waals surface area contributed by atoms with Gasteiger partial charge in [-0.15, -0.1) is 6.58 Å². The summed E-state index contributed by atoms with van der Waals surface area (Å²) in [7, 11) is 0. The SMILES string of the molecule is C=CCN(CCO)CCC(=O)Nc1ccccc1-c1ccccc1. The summed E-state index contributed by atoms with van der Waals surface area (Å²) in [5, 5.41) is 12.0. The van der Waals surface area contributed by atoms with Crippen LogP contribution >= 0.6 is 0 Å². The van der Waals surface area contributed by atoms with Crippen LogP contribution < -0.4 is 5.32 Å². The molecule has 0 aromatic heterocycles. The van der Waals surface area contributed by atoms with Crippen LogP contribution in [0.4, 0.5) is 5.69 Å². The lowest BCUT2D eigenvalue weighted by atomic mass is 10.0. The third-order valence-corrected chi connectivity index (χ3v) is 3.74. The van der Waals surface area contributed by atoms with Crippen molar-refractivity contribution in [3.8, 4) is 11.1 Å². The highest BCUT2D eigenvalue weighted by Crippen LogP contribution is 2.27. The number of aliphatic hydroxyl groups is 1. The second kappa shape index (κ2) is 9.65. The molecule has 0 bridgehead atoms. The fourth-order valence-electron chi connectivity index (χ4n) is 2.55. The number of nitrogens with one attached hydrogen (secondary N) is 1. The van der Waals surface area contributed by atoms with E-state index in [9.17, 15) is 4.79 Å². The zero-order valence-corrected chi connectivity index (χ0v) is 13.8. The Hall–Kier alpha value is -2.43. The molecule has 2 rings (SSSR count). The molecule has 0 atom stereocenters. The molecule has 0 aliphatic rings. The van der Waals surface area contributed by atoms with Gasteiger partial charge in [0, 0.05) is 37.3 Å². The van der Waals surface area contributed by atoms with Gasteiger partial charge in [0.25, 0.3) is 0 Å². The topological polar surface area (TPSA) is 52.6 Å². The first kappa shape index (κ1) is 17.9. The Balaban J connectivity index is 2.01. The van der Waals surface area contributed by atoms with Crippen LogP contribution in [-0.4, -0.2) is 42.2 Å². The molecule has 126 valence electrons. The quantitative estimate of drug-likeness (QED) is 0.697. The first-order valence-corrected chi connectivity index (χ1v) is 8.13. The van der Waals surface area contributed by atoms with Crippen LogP contribution in [0.1, 0.15) is 6.42 Å². The number of aliphatic hydroxyl groups excluding tert-OH is 1. The molecule has 4 heteroatoms. The van der Waals surface area contributed by atoms with Crippen molar-refractivity contribution in [3.05, 3.63) is 67.3 Å². The summed E-state index contributed by atoms with van der Waals surface area (Å²) in [5.74, 6) is -0.0367. The Morgan fingerprint density at radius 3 is 2.50 bits per heavy atom. The van der Waals surface area contributed by atoms with E-state index in [1.165, 1.54) is 0 Å². The predicted molar refractivity (Wildman–Crippen MR) is 98.8 cm³/mol. The lowest BCUT2D eigenvalue weighted by molar-refractivity contribution is -0.116. The fourth-order valence-corrected chi connectivity index (χ4v) is 2.55. The molecule has 2 N–H and O–H groups in total. The van der Waals surface area contributed by atoms with Crippen molar-refractivity contribution in [1.29, 1.82) is 0 Å². The maximum absolute atomic E-state index is 12.3. The fraction of sp³-hybridized carbons (Fsp3) is 0.250. The molecule has 0 heterocycles. The van der Waals surface area contributed by atoms with Crippen LogP contribution in [0.15, 0.2) is 67.3 Å². The zero-order chi connectivity index (χ0) is 17.2. The number of amides is 1. The standard InChI is InChI=1S/C20H24N2O2/c1-2-13-22(15-16-23)14-12-20(24)21-19-11-7-6-10-18(19)17-8-4-3-5-9-17/h2-11,23H,1,12-16H2,(H,21,24). The number of carbonyl (C=O) groups is 1. The Morgan fingerprint density at radius 2 is 1.79 bits per heavy atom. The molecule has 24 heavy (non-hydrogen) atoms. The Kier molecular flexibility index (Phi) is 7.21. The van der Waals surface area contributed by atoms with E-state index in [1.54, 1.807) is 6.08 Å². The molecule has 0 saturated carbocycles. The van der Waals surface area contributed by atoms with E-state index in [0.29, 0.717) is 26.1 Å². The number of para-hydroxylation sites is 1. The molecule has 1 amide bonds. The van der Waals surface area contributed by atoms with E-state index < -0.39 is 0 Å². The van der Waals surface area contributed by atoms with Crippen molar-refractivity contribution in [1.82, 2.24) is 4.90 Å². The average Bonchev–Trinajstić information content (AvgIpc) is 2.61. The number of carbonyl (C=O) groups excluding carboxylic acids is 1. The molecule has 0 fully saturated rings. The van der Waals surface area contributed by atoms with Crippen LogP contribution in [0.25, 0.3) is 11.1 Å². The Morgan fingerprint density at radius 1 is 1.08 bits per heavy atom. The Bertz CT molecular complexity index is 656. The third-order valence-electron chi connectivity index (χ3n) is 3.74. The minimum absolute atomic E-state index is 0.0367. The molecule has 4 nitrogen and oxygen atoms in total. The summed E-state index contributed by atoms with van der Waals surface area (Å²) in [4.78, 5) is 14.3. The van der Waals surface area contributed by atoms with Crippen molar-refractivity contribution in [2.45, 2.75) is 6.42 Å². The van der Waals surface area contributed by atoms with Crippen LogP contribution in [0.5, 0.6) is 0 Å². The monoisotopic (exact) mass is 324 g/mol. The van der Waals surface area contributed by atoms with Gasteiger partial charge >= 0.3 is 0 Å². The minimum Gasteiger partial charge on any atom is -0.395 e. The summed E-state index contributed by atoms with van der Waals surface area (Å²) in [6.45, 7) is 5.57. The molecule has 0 unspecified atom stereocenters. The summed E-state index contributed by atoms with van der Waals surface area (Å²) in [6, 6.07) is 17.8. The second-order valence-electron chi connectivity index (χ2n) is 5.52. The maximum Gasteiger partial charge on any atom is 0.225 e. The molecular formula is C20H24N2O2.